The second kappa shape index (κ2) is 14.3. The number of fused-ring (bicyclic) bond motifs is 4. The van der Waals surface area contributed by atoms with Crippen LogP contribution in [0.5, 0.6) is 5.75 Å². The maximum Gasteiger partial charge on any atom is 0.255 e. The monoisotopic (exact) mass is 811 g/mol. The van der Waals surface area contributed by atoms with Crippen molar-refractivity contribution in [1.29, 1.82) is 0 Å². The number of H-pyrrole nitrogens is 1. The first-order valence-electron chi connectivity index (χ1n) is 20.2. The molecule has 10 rings (SSSR count). The Kier molecular flexibility index (Phi) is 8.86. The van der Waals surface area contributed by atoms with Crippen molar-refractivity contribution < 1.29 is 29.1 Å². The molecule has 4 aliphatic heterocycles. The molecule has 0 spiro atoms. The Balaban J connectivity index is 1.01. The van der Waals surface area contributed by atoms with E-state index in [1.165, 1.54) is 12.2 Å². The van der Waals surface area contributed by atoms with Gasteiger partial charge < -0.3 is 30.0 Å². The number of phenolic OH excluding ortho intramolecular Hbond substituents is 1. The van der Waals surface area contributed by atoms with Gasteiger partial charge in [-0.25, -0.2) is 0 Å². The van der Waals surface area contributed by atoms with Gasteiger partial charge in [0.2, 0.25) is 11.8 Å². The smallest absolute Gasteiger partial charge is 0.255 e. The molecule has 13 heteroatoms. The number of hydrogen-bond acceptors (Lipinski definition) is 7. The molecule has 304 valence electrons. The molecule has 13 nitrogen and oxygen atoms in total. The Morgan fingerprint density at radius 1 is 0.787 bits per heavy atom. The third kappa shape index (κ3) is 6.06. The summed E-state index contributed by atoms with van der Waals surface area (Å²) in [5.41, 5.74) is 8.09. The standard InChI is InChI=1S/C48H41N7O6/c1-4-42(57)52-21-30(22-52)54-20-29-15-38(37(17-35(29)47(54)60)44-26(3)10-13-41-39(44)19-50-51-41)46(59)49-18-28-11-12-34(36-16-32(56)14-27-8-6-7-9-33(27)36)40-25-55(48(61)45(28)40)31-23-53(24-31)43(58)5-2/h4-17,19,30-31,56H,1-2,18,20-25H2,3H3,(H,49,59)(H,50,51). The number of likely N-dealkylation sites (tertiary alicyclic amines) is 2. The van der Waals surface area contributed by atoms with E-state index in [0.29, 0.717) is 72.6 Å². The van der Waals surface area contributed by atoms with Gasteiger partial charge in [0.05, 0.1) is 29.4 Å². The van der Waals surface area contributed by atoms with Gasteiger partial charge in [-0.1, -0.05) is 55.6 Å². The lowest BCUT2D eigenvalue weighted by atomic mass is 9.89. The van der Waals surface area contributed by atoms with Crippen molar-refractivity contribution in [2.45, 2.75) is 38.6 Å². The minimum atomic E-state index is -0.383. The fraction of sp³-hybridized carbons (Fsp3) is 0.208. The lowest BCUT2D eigenvalue weighted by Gasteiger charge is -2.43. The number of aromatic hydroxyl groups is 1. The van der Waals surface area contributed by atoms with Crippen LogP contribution in [0.25, 0.3) is 43.9 Å². The first kappa shape index (κ1) is 37.7. The highest BCUT2D eigenvalue weighted by atomic mass is 16.3. The molecule has 61 heavy (non-hydrogen) atoms. The van der Waals surface area contributed by atoms with E-state index in [1.807, 2.05) is 55.5 Å². The first-order valence-corrected chi connectivity index (χ1v) is 20.2. The zero-order valence-corrected chi connectivity index (χ0v) is 33.4. The van der Waals surface area contributed by atoms with Crippen LogP contribution in [0.1, 0.15) is 53.3 Å². The molecule has 1 aromatic heterocycles. The van der Waals surface area contributed by atoms with E-state index in [2.05, 4.69) is 28.7 Å². The minimum Gasteiger partial charge on any atom is -0.508 e. The molecule has 2 fully saturated rings. The molecule has 5 heterocycles. The maximum absolute atomic E-state index is 14.7. The number of aromatic amines is 1. The van der Waals surface area contributed by atoms with Gasteiger partial charge in [-0.15, -0.1) is 0 Å². The fourth-order valence-electron chi connectivity index (χ4n) is 9.48. The molecule has 4 aliphatic rings. The van der Waals surface area contributed by atoms with Crippen molar-refractivity contribution in [2.24, 2.45) is 0 Å². The summed E-state index contributed by atoms with van der Waals surface area (Å²) in [4.78, 5) is 74.6. The Labute approximate surface area is 350 Å². The number of carbonyl (C=O) groups is 5. The molecule has 5 amide bonds. The number of hydrogen-bond donors (Lipinski definition) is 3. The Hall–Kier alpha value is -7.54. The number of amides is 5. The van der Waals surface area contributed by atoms with Gasteiger partial charge in [0, 0.05) is 62.3 Å². The van der Waals surface area contributed by atoms with Crippen LogP contribution in [-0.2, 0) is 29.2 Å². The van der Waals surface area contributed by atoms with E-state index in [0.717, 1.165) is 49.5 Å². The average molecular weight is 812 g/mol. The van der Waals surface area contributed by atoms with Crippen molar-refractivity contribution in [3.63, 3.8) is 0 Å². The number of aryl methyl sites for hydroxylation is 1. The number of rotatable bonds is 9. The Morgan fingerprint density at radius 3 is 2.21 bits per heavy atom. The largest absolute Gasteiger partial charge is 0.508 e. The van der Waals surface area contributed by atoms with Gasteiger partial charge in [-0.05, 0) is 105 Å². The van der Waals surface area contributed by atoms with E-state index in [4.69, 9.17) is 0 Å². The Bertz CT molecular complexity index is 2940. The molecule has 0 radical (unpaired) electrons. The third-order valence-corrected chi connectivity index (χ3v) is 12.8. The maximum atomic E-state index is 14.7. The summed E-state index contributed by atoms with van der Waals surface area (Å²) in [6.07, 6.45) is 4.26. The second-order valence-corrected chi connectivity index (χ2v) is 16.2. The summed E-state index contributed by atoms with van der Waals surface area (Å²) < 4.78 is 0. The highest BCUT2D eigenvalue weighted by molar-refractivity contribution is 6.10. The molecule has 6 aromatic rings. The van der Waals surface area contributed by atoms with E-state index < -0.39 is 0 Å². The van der Waals surface area contributed by atoms with E-state index in [9.17, 15) is 29.1 Å². The van der Waals surface area contributed by atoms with Crippen molar-refractivity contribution in [3.05, 3.63) is 143 Å². The second-order valence-electron chi connectivity index (χ2n) is 16.2. The first-order chi connectivity index (χ1) is 29.5. The molecule has 0 unspecified atom stereocenters. The molecule has 0 saturated carbocycles. The quantitative estimate of drug-likeness (QED) is 0.158. The van der Waals surface area contributed by atoms with Gasteiger partial charge in [-0.2, -0.15) is 5.10 Å². The number of phenols is 1. The molecule has 5 aromatic carbocycles. The van der Waals surface area contributed by atoms with Crippen molar-refractivity contribution in [1.82, 2.24) is 35.1 Å². The van der Waals surface area contributed by atoms with Gasteiger partial charge in [0.25, 0.3) is 17.7 Å². The van der Waals surface area contributed by atoms with E-state index in [-0.39, 0.29) is 53.9 Å². The van der Waals surface area contributed by atoms with Crippen LogP contribution in [0.4, 0.5) is 0 Å². The summed E-state index contributed by atoms with van der Waals surface area (Å²) in [5.74, 6) is -0.990. The van der Waals surface area contributed by atoms with Gasteiger partial charge in [-0.3, -0.25) is 29.1 Å². The zero-order chi connectivity index (χ0) is 42.3. The van der Waals surface area contributed by atoms with Crippen molar-refractivity contribution in [2.75, 3.05) is 26.2 Å². The summed E-state index contributed by atoms with van der Waals surface area (Å²) >= 11 is 0. The lowest BCUT2D eigenvalue weighted by Crippen LogP contribution is -2.60. The number of carbonyl (C=O) groups excluding carboxylic acids is 5. The molecule has 0 bridgehead atoms. The molecule has 0 atom stereocenters. The normalized spacial score (nSPS) is 16.1. The van der Waals surface area contributed by atoms with Gasteiger partial charge >= 0.3 is 0 Å². The van der Waals surface area contributed by atoms with Crippen LogP contribution in [0, 0.1) is 6.92 Å². The molecular weight excluding hydrogens is 771 g/mol. The molecule has 3 N–H and O–H groups in total. The molecular formula is C48H41N7O6. The number of nitrogens with zero attached hydrogens (tertiary/aromatic N) is 5. The SMILES string of the molecule is C=CC(=O)N1CC(N2Cc3cc(C(=O)NCc4ccc(-c5cc(O)cc6ccccc56)c5c4C(=O)N(C4CN(C(=O)C=C)C4)C5)c(-c4c(C)ccc5[nH]ncc45)cc3C2=O)C1. The van der Waals surface area contributed by atoms with E-state index in [1.54, 1.807) is 50.1 Å². The number of aromatic nitrogens is 2. The average Bonchev–Trinajstić information content (AvgIpc) is 3.93. The summed E-state index contributed by atoms with van der Waals surface area (Å²) in [6, 6.07) is 22.1. The third-order valence-electron chi connectivity index (χ3n) is 12.8. The summed E-state index contributed by atoms with van der Waals surface area (Å²) in [5, 5.41) is 23.8. The highest BCUT2D eigenvalue weighted by Crippen LogP contribution is 2.42. The Morgan fingerprint density at radius 2 is 1.49 bits per heavy atom. The summed E-state index contributed by atoms with van der Waals surface area (Å²) in [6.45, 7) is 11.3. The number of benzene rings is 5. The van der Waals surface area contributed by atoms with Crippen LogP contribution in [0.2, 0.25) is 0 Å². The molecule has 0 aliphatic carbocycles. The van der Waals surface area contributed by atoms with Crippen molar-refractivity contribution in [3.8, 4) is 28.0 Å². The summed E-state index contributed by atoms with van der Waals surface area (Å²) in [7, 11) is 0. The van der Waals surface area contributed by atoms with Crippen molar-refractivity contribution >= 4 is 51.2 Å². The lowest BCUT2D eigenvalue weighted by molar-refractivity contribution is -0.133. The number of nitrogens with one attached hydrogen (secondary N) is 2. The predicted molar refractivity (Wildman–Crippen MR) is 229 cm³/mol. The molecule has 2 saturated heterocycles. The van der Waals surface area contributed by atoms with Crippen LogP contribution >= 0.6 is 0 Å². The fourth-order valence-corrected chi connectivity index (χ4v) is 9.48. The van der Waals surface area contributed by atoms with Crippen LogP contribution in [-0.4, -0.2) is 103 Å². The van der Waals surface area contributed by atoms with Gasteiger partial charge in [0.15, 0.2) is 0 Å². The minimum absolute atomic E-state index is 0.0271. The topological polar surface area (TPSA) is 159 Å². The van der Waals surface area contributed by atoms with E-state index >= 15 is 0 Å². The van der Waals surface area contributed by atoms with Crippen LogP contribution in [0.15, 0.2) is 104 Å². The van der Waals surface area contributed by atoms with Crippen LogP contribution in [0.3, 0.4) is 0 Å². The van der Waals surface area contributed by atoms with Gasteiger partial charge in [0.1, 0.15) is 5.75 Å². The zero-order valence-electron chi connectivity index (χ0n) is 33.4. The highest BCUT2D eigenvalue weighted by Gasteiger charge is 2.43. The van der Waals surface area contributed by atoms with Crippen LogP contribution < -0.4 is 5.32 Å². The predicted octanol–water partition coefficient (Wildman–Crippen LogP) is 5.70.